The zero-order valence-corrected chi connectivity index (χ0v) is 9.63. The molecule has 1 aliphatic rings. The predicted molar refractivity (Wildman–Crippen MR) is 63.5 cm³/mol. The molecule has 0 saturated heterocycles. The third kappa shape index (κ3) is 1.69. The van der Waals surface area contributed by atoms with Gasteiger partial charge in [0.25, 0.3) is 11.7 Å². The van der Waals surface area contributed by atoms with E-state index in [0.29, 0.717) is 13.1 Å². The Kier molecular flexibility index (Phi) is 2.44. The van der Waals surface area contributed by atoms with Gasteiger partial charge in [-0.2, -0.15) is 5.21 Å². The second-order valence-corrected chi connectivity index (χ2v) is 4.20. The van der Waals surface area contributed by atoms with Crippen molar-refractivity contribution in [2.24, 2.45) is 0 Å². The standard InChI is InChI=1S/C11H12N6O/c12-9-3-1-2-7-6-17(5-4-8(7)9)11(18)10-13-15-16-14-10/h1-3H,4-6,12H2,(H,13,14,15,16). The first kappa shape index (κ1) is 10.7. The zero-order chi connectivity index (χ0) is 12.5. The quantitative estimate of drug-likeness (QED) is 0.686. The Bertz CT molecular complexity index is 579. The van der Waals surface area contributed by atoms with E-state index in [1.54, 1.807) is 4.90 Å². The topological polar surface area (TPSA) is 101 Å². The van der Waals surface area contributed by atoms with E-state index in [9.17, 15) is 4.79 Å². The molecule has 1 aromatic heterocycles. The number of rotatable bonds is 1. The highest BCUT2D eigenvalue weighted by molar-refractivity contribution is 5.90. The fourth-order valence-corrected chi connectivity index (χ4v) is 2.21. The Balaban J connectivity index is 1.85. The number of nitrogens with one attached hydrogen (secondary N) is 1. The van der Waals surface area contributed by atoms with Crippen LogP contribution >= 0.6 is 0 Å². The molecular formula is C11H12N6O. The monoisotopic (exact) mass is 244 g/mol. The van der Waals surface area contributed by atoms with Gasteiger partial charge in [0.2, 0.25) is 0 Å². The van der Waals surface area contributed by atoms with E-state index in [1.807, 2.05) is 18.2 Å². The van der Waals surface area contributed by atoms with Gasteiger partial charge < -0.3 is 10.6 Å². The molecule has 0 saturated carbocycles. The molecule has 3 N–H and O–H groups in total. The van der Waals surface area contributed by atoms with Crippen LogP contribution < -0.4 is 5.73 Å². The number of carbonyl (C=O) groups is 1. The van der Waals surface area contributed by atoms with Gasteiger partial charge in [0.1, 0.15) is 0 Å². The highest BCUT2D eigenvalue weighted by Crippen LogP contribution is 2.24. The number of H-pyrrole nitrogens is 1. The number of carbonyl (C=O) groups excluding carboxylic acids is 1. The third-order valence-corrected chi connectivity index (χ3v) is 3.13. The lowest BCUT2D eigenvalue weighted by molar-refractivity contribution is 0.0722. The van der Waals surface area contributed by atoms with E-state index in [4.69, 9.17) is 5.73 Å². The Labute approximate surface area is 103 Å². The van der Waals surface area contributed by atoms with Crippen molar-refractivity contribution in [3.05, 3.63) is 35.2 Å². The molecule has 18 heavy (non-hydrogen) atoms. The molecule has 0 aliphatic carbocycles. The molecule has 7 heteroatoms. The van der Waals surface area contributed by atoms with Crippen molar-refractivity contribution in [1.82, 2.24) is 25.5 Å². The van der Waals surface area contributed by atoms with Crippen LogP contribution in [0.4, 0.5) is 5.69 Å². The molecule has 7 nitrogen and oxygen atoms in total. The minimum absolute atomic E-state index is 0.0994. The van der Waals surface area contributed by atoms with Crippen molar-refractivity contribution in [3.8, 4) is 0 Å². The molecular weight excluding hydrogens is 232 g/mol. The van der Waals surface area contributed by atoms with Crippen LogP contribution in [0.3, 0.4) is 0 Å². The average molecular weight is 244 g/mol. The summed E-state index contributed by atoms with van der Waals surface area (Å²) in [6, 6.07) is 5.77. The first-order valence-electron chi connectivity index (χ1n) is 5.64. The normalized spacial score (nSPS) is 14.3. The molecule has 1 aliphatic heterocycles. The zero-order valence-electron chi connectivity index (χ0n) is 9.63. The van der Waals surface area contributed by atoms with Gasteiger partial charge in [-0.1, -0.05) is 12.1 Å². The van der Waals surface area contributed by atoms with E-state index < -0.39 is 0 Å². The smallest absolute Gasteiger partial charge is 0.295 e. The number of nitrogens with two attached hydrogens (primary N) is 1. The summed E-state index contributed by atoms with van der Waals surface area (Å²) in [6.07, 6.45) is 0.756. The van der Waals surface area contributed by atoms with E-state index in [-0.39, 0.29) is 11.7 Å². The summed E-state index contributed by atoms with van der Waals surface area (Å²) >= 11 is 0. The summed E-state index contributed by atoms with van der Waals surface area (Å²) in [5, 5.41) is 13.1. The van der Waals surface area contributed by atoms with Gasteiger partial charge in [-0.25, -0.2) is 0 Å². The van der Waals surface area contributed by atoms with Gasteiger partial charge in [0, 0.05) is 18.8 Å². The SMILES string of the molecule is Nc1cccc2c1CCN(C(=O)c1nn[nH]n1)C2. The van der Waals surface area contributed by atoms with Crippen molar-refractivity contribution in [2.45, 2.75) is 13.0 Å². The van der Waals surface area contributed by atoms with Crippen molar-refractivity contribution >= 4 is 11.6 Å². The van der Waals surface area contributed by atoms with Gasteiger partial charge in [0.15, 0.2) is 0 Å². The number of hydrogen-bond donors (Lipinski definition) is 2. The minimum Gasteiger partial charge on any atom is -0.398 e. The van der Waals surface area contributed by atoms with Crippen LogP contribution in [-0.2, 0) is 13.0 Å². The number of nitrogen functional groups attached to an aromatic ring is 1. The first-order chi connectivity index (χ1) is 8.75. The summed E-state index contributed by atoms with van der Waals surface area (Å²) < 4.78 is 0. The third-order valence-electron chi connectivity index (χ3n) is 3.13. The molecule has 0 bridgehead atoms. The molecule has 2 aromatic rings. The Hall–Kier alpha value is -2.44. The van der Waals surface area contributed by atoms with Crippen LogP contribution in [0.5, 0.6) is 0 Å². The van der Waals surface area contributed by atoms with Crippen molar-refractivity contribution in [1.29, 1.82) is 0 Å². The summed E-state index contributed by atoms with van der Waals surface area (Å²) in [4.78, 5) is 13.8. The number of fused-ring (bicyclic) bond motifs is 1. The predicted octanol–water partition coefficient (Wildman–Crippen LogP) is -0.0196. The van der Waals surface area contributed by atoms with Crippen molar-refractivity contribution < 1.29 is 4.79 Å². The fourth-order valence-electron chi connectivity index (χ4n) is 2.21. The number of tetrazole rings is 1. The molecule has 0 fully saturated rings. The van der Waals surface area contributed by atoms with E-state index in [1.165, 1.54) is 0 Å². The lowest BCUT2D eigenvalue weighted by atomic mass is 9.98. The van der Waals surface area contributed by atoms with Crippen LogP contribution in [0.2, 0.25) is 0 Å². The largest absolute Gasteiger partial charge is 0.398 e. The Morgan fingerprint density at radius 1 is 1.44 bits per heavy atom. The number of nitrogens with zero attached hydrogens (tertiary/aromatic N) is 4. The average Bonchev–Trinajstić information content (AvgIpc) is 2.91. The van der Waals surface area contributed by atoms with E-state index in [0.717, 1.165) is 23.2 Å². The van der Waals surface area contributed by atoms with Crippen LogP contribution in [0, 0.1) is 0 Å². The molecule has 3 rings (SSSR count). The summed E-state index contributed by atoms with van der Waals surface area (Å²) in [5.74, 6) is -0.112. The maximum Gasteiger partial charge on any atom is 0.295 e. The van der Waals surface area contributed by atoms with Crippen LogP contribution in [-0.4, -0.2) is 38.0 Å². The number of amides is 1. The van der Waals surface area contributed by atoms with Crippen LogP contribution in [0.15, 0.2) is 18.2 Å². The van der Waals surface area contributed by atoms with Crippen LogP contribution in [0.25, 0.3) is 0 Å². The molecule has 0 unspecified atom stereocenters. The van der Waals surface area contributed by atoms with Gasteiger partial charge in [-0.3, -0.25) is 4.79 Å². The molecule has 2 heterocycles. The number of hydrogen-bond acceptors (Lipinski definition) is 5. The Morgan fingerprint density at radius 2 is 2.33 bits per heavy atom. The summed E-state index contributed by atoms with van der Waals surface area (Å²) in [6.45, 7) is 1.16. The van der Waals surface area contributed by atoms with Crippen LogP contribution in [0.1, 0.15) is 21.7 Å². The number of aromatic amines is 1. The highest BCUT2D eigenvalue weighted by Gasteiger charge is 2.25. The number of anilines is 1. The number of benzene rings is 1. The Morgan fingerprint density at radius 3 is 3.11 bits per heavy atom. The van der Waals surface area contributed by atoms with Gasteiger partial charge in [-0.05, 0) is 28.8 Å². The lowest BCUT2D eigenvalue weighted by Gasteiger charge is -2.28. The maximum atomic E-state index is 12.1. The van der Waals surface area contributed by atoms with Crippen molar-refractivity contribution in [2.75, 3.05) is 12.3 Å². The van der Waals surface area contributed by atoms with Gasteiger partial charge >= 0.3 is 0 Å². The number of aromatic nitrogens is 4. The maximum absolute atomic E-state index is 12.1. The molecule has 1 amide bonds. The molecule has 0 radical (unpaired) electrons. The van der Waals surface area contributed by atoms with E-state index >= 15 is 0 Å². The van der Waals surface area contributed by atoms with Gasteiger partial charge in [0.05, 0.1) is 0 Å². The second-order valence-electron chi connectivity index (χ2n) is 4.20. The summed E-state index contributed by atoms with van der Waals surface area (Å²) in [5.41, 5.74) is 8.92. The summed E-state index contributed by atoms with van der Waals surface area (Å²) in [7, 11) is 0. The molecule has 1 aromatic carbocycles. The second kappa shape index (κ2) is 4.10. The fraction of sp³-hybridized carbons (Fsp3) is 0.273. The molecule has 0 spiro atoms. The molecule has 92 valence electrons. The van der Waals surface area contributed by atoms with E-state index in [2.05, 4.69) is 20.6 Å². The minimum atomic E-state index is -0.211. The highest BCUT2D eigenvalue weighted by atomic mass is 16.2. The first-order valence-corrected chi connectivity index (χ1v) is 5.64. The molecule has 0 atom stereocenters. The van der Waals surface area contributed by atoms with Crippen molar-refractivity contribution in [3.63, 3.8) is 0 Å². The van der Waals surface area contributed by atoms with Gasteiger partial charge in [-0.15, -0.1) is 10.2 Å². The lowest BCUT2D eigenvalue weighted by Crippen LogP contribution is -2.36.